The zero-order valence-corrected chi connectivity index (χ0v) is 19.1. The molecule has 33 heavy (non-hydrogen) atoms. The first-order valence-electron chi connectivity index (χ1n) is 10.9. The van der Waals surface area contributed by atoms with Gasteiger partial charge in [-0.25, -0.2) is 4.99 Å². The molecule has 0 bridgehead atoms. The molecule has 1 aromatic heterocycles. The summed E-state index contributed by atoms with van der Waals surface area (Å²) in [5, 5.41) is 6.10. The van der Waals surface area contributed by atoms with Crippen molar-refractivity contribution in [1.82, 2.24) is 10.3 Å². The molecule has 3 aromatic rings. The average Bonchev–Trinajstić information content (AvgIpc) is 2.82. The number of nitrogens with zero attached hydrogens (tertiary/aromatic N) is 2. The average molecular weight is 445 g/mol. The van der Waals surface area contributed by atoms with Gasteiger partial charge in [0.05, 0.1) is 6.54 Å². The molecule has 0 aliphatic carbocycles. The Hall–Kier alpha value is -3.87. The number of amides is 1. The monoisotopic (exact) mass is 444 g/mol. The molecule has 2 N–H and O–H groups in total. The number of pyridine rings is 1. The van der Waals surface area contributed by atoms with Gasteiger partial charge in [-0.15, -0.1) is 0 Å². The standard InChI is InChI=1S/C26H28N4O3/c1-26(2,3)20-8-6-19(7-9-20)24(31)30-25(28-17-18-5-4-12-27-16-18)29-21-10-11-22-23(15-21)33-14-13-32-22/h4-12,15-16H,13-14,17H2,1-3H3,(H2,28,29,30,31). The van der Waals surface area contributed by atoms with Gasteiger partial charge in [-0.1, -0.05) is 39.0 Å². The number of anilines is 1. The first-order valence-corrected chi connectivity index (χ1v) is 10.9. The molecular formula is C26H28N4O3. The van der Waals surface area contributed by atoms with Crippen LogP contribution in [0.2, 0.25) is 0 Å². The quantitative estimate of drug-likeness (QED) is 0.456. The van der Waals surface area contributed by atoms with Crippen LogP contribution < -0.4 is 20.1 Å². The molecule has 1 aliphatic heterocycles. The van der Waals surface area contributed by atoms with Gasteiger partial charge in [-0.3, -0.25) is 15.1 Å². The van der Waals surface area contributed by atoms with Gasteiger partial charge in [-0.05, 0) is 46.9 Å². The Morgan fingerprint density at radius 3 is 2.48 bits per heavy atom. The van der Waals surface area contributed by atoms with Crippen molar-refractivity contribution in [2.45, 2.75) is 32.7 Å². The maximum Gasteiger partial charge on any atom is 0.257 e. The lowest BCUT2D eigenvalue weighted by Gasteiger charge is -2.20. The highest BCUT2D eigenvalue weighted by molar-refractivity contribution is 6.10. The highest BCUT2D eigenvalue weighted by atomic mass is 16.6. The number of ether oxygens (including phenoxy) is 2. The Morgan fingerprint density at radius 1 is 1.03 bits per heavy atom. The van der Waals surface area contributed by atoms with Crippen molar-refractivity contribution in [3.63, 3.8) is 0 Å². The molecule has 0 atom stereocenters. The second-order valence-corrected chi connectivity index (χ2v) is 8.79. The van der Waals surface area contributed by atoms with Gasteiger partial charge in [0, 0.05) is 29.7 Å². The largest absolute Gasteiger partial charge is 0.486 e. The van der Waals surface area contributed by atoms with Crippen LogP contribution in [0.25, 0.3) is 0 Å². The summed E-state index contributed by atoms with van der Waals surface area (Å²) in [6.45, 7) is 7.82. The molecule has 2 aromatic carbocycles. The van der Waals surface area contributed by atoms with E-state index in [2.05, 4.69) is 41.4 Å². The molecule has 0 saturated carbocycles. The molecule has 1 aliphatic rings. The fraction of sp³-hybridized carbons (Fsp3) is 0.269. The zero-order valence-electron chi connectivity index (χ0n) is 19.1. The molecule has 1 amide bonds. The Balaban J connectivity index is 1.54. The number of fused-ring (bicyclic) bond motifs is 1. The number of nitrogens with one attached hydrogen (secondary N) is 2. The molecule has 170 valence electrons. The van der Waals surface area contributed by atoms with Gasteiger partial charge in [0.25, 0.3) is 5.91 Å². The predicted molar refractivity (Wildman–Crippen MR) is 129 cm³/mol. The minimum atomic E-state index is -0.245. The van der Waals surface area contributed by atoms with Crippen molar-refractivity contribution in [2.75, 3.05) is 18.5 Å². The lowest BCUT2D eigenvalue weighted by Crippen LogP contribution is -2.36. The van der Waals surface area contributed by atoms with Gasteiger partial charge >= 0.3 is 0 Å². The lowest BCUT2D eigenvalue weighted by molar-refractivity contribution is 0.0977. The van der Waals surface area contributed by atoms with E-state index in [1.54, 1.807) is 12.4 Å². The summed E-state index contributed by atoms with van der Waals surface area (Å²) in [6, 6.07) is 16.9. The molecule has 0 radical (unpaired) electrons. The third-order valence-electron chi connectivity index (χ3n) is 5.19. The van der Waals surface area contributed by atoms with E-state index >= 15 is 0 Å². The first-order chi connectivity index (χ1) is 15.9. The highest BCUT2D eigenvalue weighted by Crippen LogP contribution is 2.32. The van der Waals surface area contributed by atoms with Crippen LogP contribution in [-0.2, 0) is 12.0 Å². The summed E-state index contributed by atoms with van der Waals surface area (Å²) in [5.74, 6) is 1.44. The van der Waals surface area contributed by atoms with Crippen molar-refractivity contribution < 1.29 is 14.3 Å². The number of hydrogen-bond donors (Lipinski definition) is 2. The van der Waals surface area contributed by atoms with Crippen molar-refractivity contribution in [1.29, 1.82) is 0 Å². The Labute approximate surface area is 193 Å². The van der Waals surface area contributed by atoms with Gasteiger partial charge in [0.2, 0.25) is 5.96 Å². The number of aliphatic imine (C=N–C) groups is 1. The van der Waals surface area contributed by atoms with E-state index in [0.29, 0.717) is 42.8 Å². The topological polar surface area (TPSA) is 84.8 Å². The van der Waals surface area contributed by atoms with E-state index in [4.69, 9.17) is 9.47 Å². The molecule has 0 unspecified atom stereocenters. The summed E-state index contributed by atoms with van der Waals surface area (Å²) in [4.78, 5) is 21.7. The summed E-state index contributed by atoms with van der Waals surface area (Å²) in [7, 11) is 0. The zero-order chi connectivity index (χ0) is 23.3. The Morgan fingerprint density at radius 2 is 1.79 bits per heavy atom. The van der Waals surface area contributed by atoms with E-state index in [1.807, 2.05) is 54.6 Å². The number of aromatic nitrogens is 1. The van der Waals surface area contributed by atoms with Crippen LogP contribution in [0.15, 0.2) is 72.0 Å². The summed E-state index contributed by atoms with van der Waals surface area (Å²) in [6.07, 6.45) is 3.46. The maximum atomic E-state index is 13.0. The van der Waals surface area contributed by atoms with E-state index in [9.17, 15) is 4.79 Å². The van der Waals surface area contributed by atoms with Crippen LogP contribution in [-0.4, -0.2) is 30.1 Å². The maximum absolute atomic E-state index is 13.0. The highest BCUT2D eigenvalue weighted by Gasteiger charge is 2.16. The molecule has 7 heteroatoms. The van der Waals surface area contributed by atoms with Crippen LogP contribution >= 0.6 is 0 Å². The van der Waals surface area contributed by atoms with Gasteiger partial charge < -0.3 is 14.8 Å². The van der Waals surface area contributed by atoms with Gasteiger partial charge in [0.1, 0.15) is 13.2 Å². The number of carbonyl (C=O) groups is 1. The van der Waals surface area contributed by atoms with E-state index in [0.717, 1.165) is 11.3 Å². The van der Waals surface area contributed by atoms with Gasteiger partial charge in [0.15, 0.2) is 11.5 Å². The van der Waals surface area contributed by atoms with E-state index < -0.39 is 0 Å². The second-order valence-electron chi connectivity index (χ2n) is 8.79. The minimum absolute atomic E-state index is 0.0190. The molecule has 7 nitrogen and oxygen atoms in total. The number of hydrogen-bond acceptors (Lipinski definition) is 5. The van der Waals surface area contributed by atoms with Crippen molar-refractivity contribution in [3.8, 4) is 11.5 Å². The van der Waals surface area contributed by atoms with Crippen molar-refractivity contribution in [3.05, 3.63) is 83.7 Å². The van der Waals surface area contributed by atoms with Crippen LogP contribution in [0.4, 0.5) is 5.69 Å². The second kappa shape index (κ2) is 9.73. The van der Waals surface area contributed by atoms with Crippen LogP contribution in [0.1, 0.15) is 42.3 Å². The summed E-state index contributed by atoms with van der Waals surface area (Å²) < 4.78 is 11.2. The molecule has 0 fully saturated rings. The number of guanidine groups is 1. The fourth-order valence-electron chi connectivity index (χ4n) is 3.33. The molecule has 0 saturated heterocycles. The number of rotatable bonds is 4. The predicted octanol–water partition coefficient (Wildman–Crippen LogP) is 4.55. The summed E-state index contributed by atoms with van der Waals surface area (Å²) in [5.41, 5.74) is 3.40. The summed E-state index contributed by atoms with van der Waals surface area (Å²) >= 11 is 0. The molecule has 0 spiro atoms. The molecular weight excluding hydrogens is 416 g/mol. The van der Waals surface area contributed by atoms with Crippen LogP contribution in [0, 0.1) is 0 Å². The smallest absolute Gasteiger partial charge is 0.257 e. The Bertz CT molecular complexity index is 1140. The minimum Gasteiger partial charge on any atom is -0.486 e. The van der Waals surface area contributed by atoms with E-state index in [-0.39, 0.29) is 11.3 Å². The SMILES string of the molecule is CC(C)(C)c1ccc(C(=O)NC(=NCc2cccnc2)Nc2ccc3c(c2)OCCO3)cc1. The number of carbonyl (C=O) groups excluding carboxylic acids is 1. The van der Waals surface area contributed by atoms with Crippen molar-refractivity contribution >= 4 is 17.6 Å². The lowest BCUT2D eigenvalue weighted by atomic mass is 9.87. The van der Waals surface area contributed by atoms with Crippen LogP contribution in [0.3, 0.4) is 0 Å². The van der Waals surface area contributed by atoms with E-state index in [1.165, 1.54) is 5.56 Å². The van der Waals surface area contributed by atoms with Crippen molar-refractivity contribution in [2.24, 2.45) is 4.99 Å². The third kappa shape index (κ3) is 5.88. The Kier molecular flexibility index (Phi) is 6.58. The first kappa shape index (κ1) is 22.3. The van der Waals surface area contributed by atoms with Gasteiger partial charge in [-0.2, -0.15) is 0 Å². The molecule has 4 rings (SSSR count). The van der Waals surface area contributed by atoms with Crippen LogP contribution in [0.5, 0.6) is 11.5 Å². The molecule has 2 heterocycles. The third-order valence-corrected chi connectivity index (χ3v) is 5.19. The number of benzene rings is 2. The fourth-order valence-corrected chi connectivity index (χ4v) is 3.33. The normalized spacial score (nSPS) is 13.4.